The van der Waals surface area contributed by atoms with E-state index in [9.17, 15) is 0 Å². The molecular weight excluding hydrogens is 332 g/mol. The van der Waals surface area contributed by atoms with Crippen LogP contribution in [0.5, 0.6) is 0 Å². The fourth-order valence-electron chi connectivity index (χ4n) is 3.38. The maximum Gasteiger partial charge on any atom is 0.0995 e. The quantitative estimate of drug-likeness (QED) is 0.565. The first-order valence-electron chi connectivity index (χ1n) is 8.99. The lowest BCUT2D eigenvalue weighted by Crippen LogP contribution is -2.21. The van der Waals surface area contributed by atoms with E-state index in [1.165, 1.54) is 16.8 Å². The Bertz CT molecular complexity index is 1090. The molecule has 0 bridgehead atoms. The molecule has 1 N–H and O–H groups in total. The van der Waals surface area contributed by atoms with Crippen molar-refractivity contribution in [1.29, 1.82) is 5.26 Å². The van der Waals surface area contributed by atoms with Gasteiger partial charge in [0.2, 0.25) is 0 Å². The molecule has 0 fully saturated rings. The normalized spacial score (nSPS) is 12.0. The molecule has 132 valence electrons. The molecule has 4 aromatic rings. The summed E-state index contributed by atoms with van der Waals surface area (Å²) in [4.78, 5) is 4.32. The Balaban J connectivity index is 1.66. The number of nitriles is 1. The minimum Gasteiger partial charge on any atom is -0.305 e. The van der Waals surface area contributed by atoms with Gasteiger partial charge in [-0.3, -0.25) is 0 Å². The fraction of sp³-hybridized carbons (Fsp3) is 0.130. The van der Waals surface area contributed by atoms with Crippen LogP contribution in [0.3, 0.4) is 0 Å². The van der Waals surface area contributed by atoms with Crippen LogP contribution in [-0.4, -0.2) is 9.38 Å². The number of fused-ring (bicyclic) bond motifs is 1. The van der Waals surface area contributed by atoms with Crippen molar-refractivity contribution < 1.29 is 0 Å². The highest BCUT2D eigenvalue weighted by molar-refractivity contribution is 5.69. The molecule has 0 spiro atoms. The predicted octanol–water partition coefficient (Wildman–Crippen LogP) is 4.72. The van der Waals surface area contributed by atoms with Gasteiger partial charge >= 0.3 is 0 Å². The first-order valence-corrected chi connectivity index (χ1v) is 8.99. The zero-order chi connectivity index (χ0) is 18.6. The number of benzene rings is 2. The molecule has 0 radical (unpaired) electrons. The van der Waals surface area contributed by atoms with Crippen molar-refractivity contribution in [3.63, 3.8) is 0 Å². The Kier molecular flexibility index (Phi) is 4.69. The lowest BCUT2D eigenvalue weighted by Gasteiger charge is -2.20. The third-order valence-corrected chi connectivity index (χ3v) is 4.81. The van der Waals surface area contributed by atoms with Gasteiger partial charge in [-0.25, -0.2) is 4.98 Å². The fourth-order valence-corrected chi connectivity index (χ4v) is 3.38. The van der Waals surface area contributed by atoms with E-state index in [-0.39, 0.29) is 6.04 Å². The van der Waals surface area contributed by atoms with Crippen molar-refractivity contribution in [3.8, 4) is 17.2 Å². The van der Waals surface area contributed by atoms with Gasteiger partial charge in [0, 0.05) is 23.8 Å². The summed E-state index contributed by atoms with van der Waals surface area (Å²) in [5.41, 5.74) is 6.49. The van der Waals surface area contributed by atoms with E-state index in [4.69, 9.17) is 5.26 Å². The second kappa shape index (κ2) is 7.45. The van der Waals surface area contributed by atoms with Crippen molar-refractivity contribution in [2.24, 2.45) is 0 Å². The molecule has 0 saturated heterocycles. The minimum atomic E-state index is 0.119. The summed E-state index contributed by atoms with van der Waals surface area (Å²) in [7, 11) is 0. The Labute approximate surface area is 158 Å². The SMILES string of the molecule is CC(NCc1ccc(C#N)cc1)c1c(-c2ccccc2)ccc2cncn12. The molecule has 2 heterocycles. The average Bonchev–Trinajstić information content (AvgIpc) is 3.21. The number of aromatic nitrogens is 2. The van der Waals surface area contributed by atoms with Crippen molar-refractivity contribution >= 4 is 5.52 Å². The zero-order valence-corrected chi connectivity index (χ0v) is 15.1. The molecule has 27 heavy (non-hydrogen) atoms. The predicted molar refractivity (Wildman–Crippen MR) is 107 cm³/mol. The second-order valence-corrected chi connectivity index (χ2v) is 6.60. The largest absolute Gasteiger partial charge is 0.305 e. The summed E-state index contributed by atoms with van der Waals surface area (Å²) in [5, 5.41) is 12.6. The maximum atomic E-state index is 8.94. The standard InChI is InChI=1S/C23H20N4/c1-17(26-14-19-9-7-18(13-24)8-10-19)23-22(20-5-3-2-4-6-20)12-11-21-15-25-16-27(21)23/h2-12,15-17,26H,14H2,1H3. The second-order valence-electron chi connectivity index (χ2n) is 6.60. The van der Waals surface area contributed by atoms with Gasteiger partial charge in [0.05, 0.1) is 29.7 Å². The van der Waals surface area contributed by atoms with E-state index in [2.05, 4.69) is 64.1 Å². The van der Waals surface area contributed by atoms with Gasteiger partial charge in [0.15, 0.2) is 0 Å². The number of nitrogens with one attached hydrogen (secondary N) is 1. The van der Waals surface area contributed by atoms with Crippen LogP contribution in [0.1, 0.15) is 29.8 Å². The smallest absolute Gasteiger partial charge is 0.0995 e. The lowest BCUT2D eigenvalue weighted by molar-refractivity contribution is 0.557. The highest BCUT2D eigenvalue weighted by Crippen LogP contribution is 2.29. The number of imidazole rings is 1. The lowest BCUT2D eigenvalue weighted by atomic mass is 9.99. The van der Waals surface area contributed by atoms with Crippen molar-refractivity contribution in [2.45, 2.75) is 19.5 Å². The monoisotopic (exact) mass is 352 g/mol. The molecule has 4 heteroatoms. The number of hydrogen-bond donors (Lipinski definition) is 1. The number of nitrogens with zero attached hydrogens (tertiary/aromatic N) is 3. The van der Waals surface area contributed by atoms with Crippen LogP contribution in [0.25, 0.3) is 16.6 Å². The Hall–Kier alpha value is -3.42. The number of hydrogen-bond acceptors (Lipinski definition) is 3. The molecule has 4 rings (SSSR count). The molecule has 1 atom stereocenters. The Morgan fingerprint density at radius 2 is 1.81 bits per heavy atom. The molecule has 2 aromatic heterocycles. The molecule has 1 unspecified atom stereocenters. The average molecular weight is 352 g/mol. The third-order valence-electron chi connectivity index (χ3n) is 4.81. The van der Waals surface area contributed by atoms with Gasteiger partial charge in [-0.15, -0.1) is 0 Å². The molecular formula is C23H20N4. The van der Waals surface area contributed by atoms with Crippen LogP contribution < -0.4 is 5.32 Å². The Morgan fingerprint density at radius 1 is 1.04 bits per heavy atom. The van der Waals surface area contributed by atoms with Gasteiger partial charge in [-0.1, -0.05) is 48.5 Å². The van der Waals surface area contributed by atoms with Crippen LogP contribution in [0.15, 0.2) is 79.3 Å². The van der Waals surface area contributed by atoms with E-state index in [0.29, 0.717) is 5.56 Å². The molecule has 0 aliphatic carbocycles. The molecule has 0 amide bonds. The van der Waals surface area contributed by atoms with Gasteiger partial charge < -0.3 is 9.72 Å². The molecule has 4 nitrogen and oxygen atoms in total. The van der Waals surface area contributed by atoms with Gasteiger partial charge in [-0.2, -0.15) is 5.26 Å². The van der Waals surface area contributed by atoms with Crippen molar-refractivity contribution in [3.05, 3.63) is 96.1 Å². The van der Waals surface area contributed by atoms with Crippen molar-refractivity contribution in [1.82, 2.24) is 14.7 Å². The summed E-state index contributed by atoms with van der Waals surface area (Å²) in [5.74, 6) is 0. The van der Waals surface area contributed by atoms with Crippen LogP contribution in [0, 0.1) is 11.3 Å². The maximum absolute atomic E-state index is 8.94. The van der Waals surface area contributed by atoms with Crippen LogP contribution in [-0.2, 0) is 6.54 Å². The molecule has 0 aliphatic rings. The van der Waals surface area contributed by atoms with Gasteiger partial charge in [-0.05, 0) is 36.2 Å². The van der Waals surface area contributed by atoms with E-state index in [1.54, 1.807) is 0 Å². The first-order chi connectivity index (χ1) is 13.3. The summed E-state index contributed by atoms with van der Waals surface area (Å²) < 4.78 is 2.15. The summed E-state index contributed by atoms with van der Waals surface area (Å²) in [6.45, 7) is 2.90. The van der Waals surface area contributed by atoms with E-state index >= 15 is 0 Å². The highest BCUT2D eigenvalue weighted by atomic mass is 15.0. The highest BCUT2D eigenvalue weighted by Gasteiger charge is 2.16. The van der Waals surface area contributed by atoms with Crippen LogP contribution in [0.4, 0.5) is 0 Å². The summed E-state index contributed by atoms with van der Waals surface area (Å²) >= 11 is 0. The van der Waals surface area contributed by atoms with Crippen LogP contribution in [0.2, 0.25) is 0 Å². The number of pyridine rings is 1. The number of rotatable bonds is 5. The van der Waals surface area contributed by atoms with E-state index < -0.39 is 0 Å². The van der Waals surface area contributed by atoms with E-state index in [1.807, 2.05) is 42.9 Å². The van der Waals surface area contributed by atoms with Crippen LogP contribution >= 0.6 is 0 Å². The van der Waals surface area contributed by atoms with Gasteiger partial charge in [0.1, 0.15) is 0 Å². The zero-order valence-electron chi connectivity index (χ0n) is 15.1. The first kappa shape index (κ1) is 17.0. The molecule has 0 aliphatic heterocycles. The summed E-state index contributed by atoms with van der Waals surface area (Å²) in [6, 6.07) is 24.7. The van der Waals surface area contributed by atoms with Crippen molar-refractivity contribution in [2.75, 3.05) is 0 Å². The Morgan fingerprint density at radius 3 is 2.56 bits per heavy atom. The summed E-state index contributed by atoms with van der Waals surface area (Å²) in [6.07, 6.45) is 3.75. The molecule has 2 aromatic carbocycles. The minimum absolute atomic E-state index is 0.119. The topological polar surface area (TPSA) is 53.1 Å². The molecule has 0 saturated carbocycles. The third kappa shape index (κ3) is 3.46. The van der Waals surface area contributed by atoms with Gasteiger partial charge in [0.25, 0.3) is 0 Å². The van der Waals surface area contributed by atoms with E-state index in [0.717, 1.165) is 17.6 Å².